The Morgan fingerprint density at radius 2 is 1.05 bits per heavy atom. The zero-order valence-electron chi connectivity index (χ0n) is 11.2. The number of hydrogen-bond donors (Lipinski definition) is 2. The van der Waals surface area contributed by atoms with Crippen LogP contribution >= 0.6 is 0 Å². The van der Waals surface area contributed by atoms with Crippen LogP contribution in [0.4, 0.5) is 0 Å². The van der Waals surface area contributed by atoms with Crippen molar-refractivity contribution in [1.82, 2.24) is 0 Å². The van der Waals surface area contributed by atoms with Crippen molar-refractivity contribution in [3.05, 3.63) is 23.3 Å². The molecular weight excluding hydrogens is 336 g/mol. The second kappa shape index (κ2) is 12.9. The number of hydrogen-bond acceptors (Lipinski definition) is 6. The van der Waals surface area contributed by atoms with Gasteiger partial charge < -0.3 is 30.0 Å². The minimum atomic E-state index is -1.43. The number of carbonyl (C=O) groups is 4. The van der Waals surface area contributed by atoms with Crippen molar-refractivity contribution in [3.8, 4) is 0 Å². The number of rotatable bonds is 6. The molecule has 0 fully saturated rings. The summed E-state index contributed by atoms with van der Waals surface area (Å²) >= 11 is 0. The van der Waals surface area contributed by atoms with E-state index in [4.69, 9.17) is 10.2 Å². The molecule has 9 heteroatoms. The second-order valence-corrected chi connectivity index (χ2v) is 3.30. The summed E-state index contributed by atoms with van der Waals surface area (Å²) in [5.74, 6) is -5.38. The van der Waals surface area contributed by atoms with E-state index in [1.807, 2.05) is 0 Å². The molecule has 0 aromatic carbocycles. The SMILES string of the molecule is CC/C(=C\C(=O)O)C(=O)[O-].CC/C(=C\C(=O)O)C(=O)[O-].[Cu+2]. The smallest absolute Gasteiger partial charge is 0.545 e. The molecule has 0 heterocycles. The minimum Gasteiger partial charge on any atom is -0.545 e. The normalized spacial score (nSPS) is 10.6. The van der Waals surface area contributed by atoms with Gasteiger partial charge in [0.05, 0.1) is 11.9 Å². The molecule has 0 aliphatic carbocycles. The van der Waals surface area contributed by atoms with Crippen LogP contribution in [0.1, 0.15) is 26.7 Å². The molecule has 0 aliphatic heterocycles. The van der Waals surface area contributed by atoms with Crippen molar-refractivity contribution < 1.29 is 56.7 Å². The van der Waals surface area contributed by atoms with Crippen LogP contribution in [0.3, 0.4) is 0 Å². The maximum absolute atomic E-state index is 10.0. The van der Waals surface area contributed by atoms with Gasteiger partial charge in [0.15, 0.2) is 0 Å². The zero-order valence-corrected chi connectivity index (χ0v) is 12.2. The summed E-state index contributed by atoms with van der Waals surface area (Å²) in [5, 5.41) is 36.2. The van der Waals surface area contributed by atoms with Crippen LogP contribution in [0.15, 0.2) is 23.3 Å². The van der Waals surface area contributed by atoms with E-state index in [1.165, 1.54) is 0 Å². The summed E-state index contributed by atoms with van der Waals surface area (Å²) in [5.41, 5.74) is -0.403. The number of aliphatic carboxylic acids is 4. The number of carboxylic acids is 4. The van der Waals surface area contributed by atoms with Gasteiger partial charge in [-0.15, -0.1) is 0 Å². The Bertz CT molecular complexity index is 408. The summed E-state index contributed by atoms with van der Waals surface area (Å²) in [4.78, 5) is 39.9. The standard InChI is InChI=1S/2C6H8O4.Cu/c2*1-2-4(6(9)10)3-5(7)8;/h2*3H,2H2,1H3,(H,7,8)(H,9,10);/q;;+2/p-2/b2*4-3+;. The first kappa shape index (κ1) is 23.9. The Kier molecular flexibility index (Phi) is 14.7. The Morgan fingerprint density at radius 1 is 0.810 bits per heavy atom. The van der Waals surface area contributed by atoms with Gasteiger partial charge in [0.1, 0.15) is 0 Å². The fourth-order valence-electron chi connectivity index (χ4n) is 0.909. The van der Waals surface area contributed by atoms with Gasteiger partial charge in [-0.05, 0) is 24.0 Å². The topological polar surface area (TPSA) is 155 Å². The van der Waals surface area contributed by atoms with Crippen LogP contribution in [0.2, 0.25) is 0 Å². The van der Waals surface area contributed by atoms with Crippen molar-refractivity contribution in [2.75, 3.05) is 0 Å². The molecule has 21 heavy (non-hydrogen) atoms. The van der Waals surface area contributed by atoms with Gasteiger partial charge in [0.2, 0.25) is 0 Å². The van der Waals surface area contributed by atoms with Crippen LogP contribution in [0, 0.1) is 0 Å². The number of carbonyl (C=O) groups excluding carboxylic acids is 2. The Labute approximate surface area is 131 Å². The number of carboxylic acid groups (broad SMARTS) is 4. The van der Waals surface area contributed by atoms with E-state index in [0.717, 1.165) is 0 Å². The van der Waals surface area contributed by atoms with Crippen LogP contribution in [-0.4, -0.2) is 34.1 Å². The molecule has 0 saturated carbocycles. The van der Waals surface area contributed by atoms with Gasteiger partial charge in [-0.1, -0.05) is 13.8 Å². The van der Waals surface area contributed by atoms with Crippen molar-refractivity contribution >= 4 is 23.9 Å². The molecule has 0 aliphatic rings. The van der Waals surface area contributed by atoms with Crippen molar-refractivity contribution in [2.45, 2.75) is 26.7 Å². The molecule has 0 spiro atoms. The Balaban J connectivity index is -0.000000295. The molecule has 0 rings (SSSR count). The third-order valence-corrected chi connectivity index (χ3v) is 1.88. The maximum atomic E-state index is 10.0. The molecule has 121 valence electrons. The zero-order chi connectivity index (χ0) is 16.3. The largest absolute Gasteiger partial charge is 2.00 e. The van der Waals surface area contributed by atoms with Gasteiger partial charge in [0.25, 0.3) is 0 Å². The van der Waals surface area contributed by atoms with Crippen molar-refractivity contribution in [2.24, 2.45) is 0 Å². The van der Waals surface area contributed by atoms with Gasteiger partial charge in [-0.25, -0.2) is 9.59 Å². The van der Waals surface area contributed by atoms with Crippen LogP contribution in [0.5, 0.6) is 0 Å². The molecule has 2 N–H and O–H groups in total. The molecule has 0 bridgehead atoms. The Morgan fingerprint density at radius 3 is 1.10 bits per heavy atom. The molecule has 0 saturated heterocycles. The molecule has 0 atom stereocenters. The fourth-order valence-corrected chi connectivity index (χ4v) is 0.909. The molecule has 8 nitrogen and oxygen atoms in total. The van der Waals surface area contributed by atoms with E-state index in [1.54, 1.807) is 13.8 Å². The van der Waals surface area contributed by atoms with Crippen LogP contribution < -0.4 is 10.2 Å². The molecule has 0 amide bonds. The third-order valence-electron chi connectivity index (χ3n) is 1.88. The summed E-state index contributed by atoms with van der Waals surface area (Å²) in [6, 6.07) is 0. The fraction of sp³-hybridized carbons (Fsp3) is 0.333. The average Bonchev–Trinajstić information content (AvgIpc) is 2.32. The van der Waals surface area contributed by atoms with Gasteiger partial charge >= 0.3 is 29.0 Å². The quantitative estimate of drug-likeness (QED) is 0.425. The summed E-state index contributed by atoms with van der Waals surface area (Å²) < 4.78 is 0. The van der Waals surface area contributed by atoms with Crippen molar-refractivity contribution in [1.29, 1.82) is 0 Å². The summed E-state index contributed by atoms with van der Waals surface area (Å²) in [6.45, 7) is 3.09. The first-order chi connectivity index (χ1) is 9.15. The van der Waals surface area contributed by atoms with Gasteiger partial charge in [-0.2, -0.15) is 0 Å². The van der Waals surface area contributed by atoms with Crippen LogP contribution in [0.25, 0.3) is 0 Å². The van der Waals surface area contributed by atoms with E-state index >= 15 is 0 Å². The first-order valence-electron chi connectivity index (χ1n) is 5.45. The predicted octanol–water partition coefficient (Wildman–Crippen LogP) is -1.69. The molecule has 0 aromatic rings. The third kappa shape index (κ3) is 14.1. The van der Waals surface area contributed by atoms with Crippen LogP contribution in [-0.2, 0) is 36.2 Å². The summed E-state index contributed by atoms with van der Waals surface area (Å²) in [6.07, 6.45) is 1.59. The predicted molar refractivity (Wildman–Crippen MR) is 62.0 cm³/mol. The molecule has 0 aromatic heterocycles. The second-order valence-electron chi connectivity index (χ2n) is 3.30. The Hall–Kier alpha value is -2.12. The van der Waals surface area contributed by atoms with Crippen molar-refractivity contribution in [3.63, 3.8) is 0 Å². The van der Waals surface area contributed by atoms with E-state index in [2.05, 4.69) is 0 Å². The minimum absolute atomic E-state index is 0. The van der Waals surface area contributed by atoms with E-state index in [9.17, 15) is 29.4 Å². The summed E-state index contributed by atoms with van der Waals surface area (Å²) in [7, 11) is 0. The molecule has 0 unspecified atom stereocenters. The molecular formula is C12H14CuO8. The van der Waals surface area contributed by atoms with E-state index in [0.29, 0.717) is 12.2 Å². The maximum Gasteiger partial charge on any atom is 2.00 e. The van der Waals surface area contributed by atoms with E-state index < -0.39 is 23.9 Å². The van der Waals surface area contributed by atoms with Gasteiger partial charge in [-0.3, -0.25) is 0 Å². The van der Waals surface area contributed by atoms with E-state index in [-0.39, 0.29) is 41.1 Å². The monoisotopic (exact) mass is 349 g/mol. The first-order valence-corrected chi connectivity index (χ1v) is 5.45. The van der Waals surface area contributed by atoms with Gasteiger partial charge in [0, 0.05) is 12.2 Å². The average molecular weight is 350 g/mol. The molecule has 1 radical (unpaired) electrons.